The topological polar surface area (TPSA) is 70.7 Å². The van der Waals surface area contributed by atoms with Crippen LogP contribution in [0.2, 0.25) is 0 Å². The van der Waals surface area contributed by atoms with Crippen LogP contribution >= 0.6 is 0 Å². The van der Waals surface area contributed by atoms with Crippen LogP contribution in [-0.4, -0.2) is 36.5 Å². The molecule has 0 atom stereocenters. The molecular weight excluding hydrogens is 354 g/mol. The average molecular weight is 381 g/mol. The van der Waals surface area contributed by atoms with E-state index in [4.69, 9.17) is 4.74 Å². The van der Waals surface area contributed by atoms with Crippen molar-refractivity contribution in [3.05, 3.63) is 54.1 Å². The summed E-state index contributed by atoms with van der Waals surface area (Å²) in [5.74, 6) is 0.520. The molecule has 1 saturated heterocycles. The molecular formula is C22H27N3O3. The molecule has 1 heterocycles. The number of likely N-dealkylation sites (tertiary alicyclic amines) is 1. The largest absolute Gasteiger partial charge is 0.494 e. The van der Waals surface area contributed by atoms with Crippen molar-refractivity contribution in [2.45, 2.75) is 32.6 Å². The van der Waals surface area contributed by atoms with Crippen molar-refractivity contribution in [3.63, 3.8) is 0 Å². The number of para-hydroxylation sites is 2. The van der Waals surface area contributed by atoms with Gasteiger partial charge in [0, 0.05) is 18.7 Å². The second-order valence-corrected chi connectivity index (χ2v) is 6.85. The third-order valence-electron chi connectivity index (χ3n) is 4.69. The minimum atomic E-state index is -0.233. The average Bonchev–Trinajstić information content (AvgIpc) is 3.25. The molecule has 2 aromatic rings. The highest BCUT2D eigenvalue weighted by atomic mass is 16.5. The quantitative estimate of drug-likeness (QED) is 0.680. The first-order chi connectivity index (χ1) is 13.7. The van der Waals surface area contributed by atoms with Gasteiger partial charge in [-0.25, -0.2) is 4.79 Å². The van der Waals surface area contributed by atoms with Crippen LogP contribution in [0.3, 0.4) is 0 Å². The number of rotatable bonds is 7. The Morgan fingerprint density at radius 2 is 1.61 bits per heavy atom. The Morgan fingerprint density at radius 1 is 0.964 bits per heavy atom. The monoisotopic (exact) mass is 381 g/mol. The summed E-state index contributed by atoms with van der Waals surface area (Å²) in [5, 5.41) is 5.78. The summed E-state index contributed by atoms with van der Waals surface area (Å²) in [6, 6.07) is 14.2. The molecule has 0 saturated carbocycles. The van der Waals surface area contributed by atoms with E-state index in [0.29, 0.717) is 23.5 Å². The molecule has 0 spiro atoms. The Bertz CT molecular complexity index is 799. The van der Waals surface area contributed by atoms with E-state index in [-0.39, 0.29) is 11.9 Å². The molecule has 0 radical (unpaired) electrons. The van der Waals surface area contributed by atoms with Crippen molar-refractivity contribution >= 4 is 23.3 Å². The molecule has 0 aliphatic carbocycles. The van der Waals surface area contributed by atoms with Gasteiger partial charge in [-0.1, -0.05) is 25.5 Å². The molecule has 2 N–H and O–H groups in total. The predicted molar refractivity (Wildman–Crippen MR) is 111 cm³/mol. The molecule has 0 bridgehead atoms. The number of nitrogens with one attached hydrogen (secondary N) is 2. The third-order valence-corrected chi connectivity index (χ3v) is 4.69. The van der Waals surface area contributed by atoms with Gasteiger partial charge in [0.25, 0.3) is 5.91 Å². The number of urea groups is 1. The lowest BCUT2D eigenvalue weighted by atomic mass is 10.2. The fourth-order valence-corrected chi connectivity index (χ4v) is 3.05. The number of nitrogens with zero attached hydrogens (tertiary/aromatic N) is 1. The van der Waals surface area contributed by atoms with Crippen molar-refractivity contribution in [3.8, 4) is 5.75 Å². The van der Waals surface area contributed by atoms with Crippen LogP contribution in [0.1, 0.15) is 43.0 Å². The number of benzene rings is 2. The molecule has 1 fully saturated rings. The van der Waals surface area contributed by atoms with E-state index in [1.54, 1.807) is 41.3 Å². The molecule has 0 aromatic heterocycles. The van der Waals surface area contributed by atoms with Gasteiger partial charge in [0.05, 0.1) is 18.0 Å². The predicted octanol–water partition coefficient (Wildman–Crippen LogP) is 4.75. The summed E-state index contributed by atoms with van der Waals surface area (Å²) in [7, 11) is 0. The fraction of sp³-hybridized carbons (Fsp3) is 0.364. The van der Waals surface area contributed by atoms with Crippen LogP contribution in [0.5, 0.6) is 5.75 Å². The van der Waals surface area contributed by atoms with Gasteiger partial charge in [-0.05, 0) is 55.7 Å². The summed E-state index contributed by atoms with van der Waals surface area (Å²) in [4.78, 5) is 26.7. The minimum Gasteiger partial charge on any atom is -0.494 e. The van der Waals surface area contributed by atoms with E-state index >= 15 is 0 Å². The molecule has 1 aliphatic heterocycles. The van der Waals surface area contributed by atoms with Gasteiger partial charge in [-0.3, -0.25) is 4.79 Å². The van der Waals surface area contributed by atoms with Gasteiger partial charge in [0.15, 0.2) is 0 Å². The number of carbonyl (C=O) groups excluding carboxylic acids is 2. The molecule has 3 amide bonds. The number of carbonyl (C=O) groups is 2. The van der Waals surface area contributed by atoms with Gasteiger partial charge < -0.3 is 20.3 Å². The highest BCUT2D eigenvalue weighted by Gasteiger charge is 2.19. The second-order valence-electron chi connectivity index (χ2n) is 6.85. The van der Waals surface area contributed by atoms with E-state index in [1.807, 2.05) is 12.1 Å². The minimum absolute atomic E-state index is 0.132. The summed E-state index contributed by atoms with van der Waals surface area (Å²) in [5.41, 5.74) is 1.69. The summed E-state index contributed by atoms with van der Waals surface area (Å²) >= 11 is 0. The Balaban J connectivity index is 1.63. The van der Waals surface area contributed by atoms with Crippen LogP contribution in [0.25, 0.3) is 0 Å². The summed E-state index contributed by atoms with van der Waals surface area (Å²) in [6.45, 7) is 4.33. The third kappa shape index (κ3) is 5.25. The molecule has 6 heteroatoms. The highest BCUT2D eigenvalue weighted by Crippen LogP contribution is 2.23. The summed E-state index contributed by atoms with van der Waals surface area (Å²) < 4.78 is 5.63. The zero-order chi connectivity index (χ0) is 19.8. The highest BCUT2D eigenvalue weighted by molar-refractivity contribution is 6.07. The summed E-state index contributed by atoms with van der Waals surface area (Å²) in [6.07, 6.45) is 4.14. The first-order valence-corrected chi connectivity index (χ1v) is 9.86. The molecule has 148 valence electrons. The molecule has 2 aromatic carbocycles. The maximum Gasteiger partial charge on any atom is 0.321 e. The number of unbranched alkanes of at least 4 members (excludes halogenated alkanes) is 1. The maximum atomic E-state index is 12.6. The van der Waals surface area contributed by atoms with E-state index < -0.39 is 0 Å². The van der Waals surface area contributed by atoms with Crippen LogP contribution < -0.4 is 15.4 Å². The number of ether oxygens (including phenoxy) is 1. The van der Waals surface area contributed by atoms with Crippen LogP contribution in [0.4, 0.5) is 16.2 Å². The number of hydrogen-bond acceptors (Lipinski definition) is 3. The Hall–Kier alpha value is -3.02. The zero-order valence-electron chi connectivity index (χ0n) is 16.2. The van der Waals surface area contributed by atoms with Gasteiger partial charge in [-0.15, -0.1) is 0 Å². The lowest BCUT2D eigenvalue weighted by Crippen LogP contribution is -2.32. The lowest BCUT2D eigenvalue weighted by Gasteiger charge is -2.18. The van der Waals surface area contributed by atoms with Crippen molar-refractivity contribution in [1.29, 1.82) is 0 Å². The molecule has 1 aliphatic rings. The zero-order valence-corrected chi connectivity index (χ0v) is 16.2. The Labute approximate surface area is 165 Å². The normalized spacial score (nSPS) is 13.2. The fourth-order valence-electron chi connectivity index (χ4n) is 3.05. The van der Waals surface area contributed by atoms with Crippen LogP contribution in [0.15, 0.2) is 48.5 Å². The lowest BCUT2D eigenvalue weighted by molar-refractivity contribution is 0.102. The van der Waals surface area contributed by atoms with E-state index in [2.05, 4.69) is 17.6 Å². The molecule has 28 heavy (non-hydrogen) atoms. The van der Waals surface area contributed by atoms with Crippen molar-refractivity contribution in [1.82, 2.24) is 4.90 Å². The van der Waals surface area contributed by atoms with E-state index in [0.717, 1.165) is 44.5 Å². The first kappa shape index (κ1) is 19.7. The standard InChI is InChI=1S/C22H27N3O3/c1-2-3-16-28-18-12-10-17(11-13-18)21(26)23-19-8-4-5-9-20(19)24-22(27)25-14-6-7-15-25/h4-5,8-13H,2-3,6-7,14-16H2,1H3,(H,23,26)(H,24,27). The Morgan fingerprint density at radius 3 is 2.25 bits per heavy atom. The smallest absolute Gasteiger partial charge is 0.321 e. The van der Waals surface area contributed by atoms with Gasteiger partial charge in [-0.2, -0.15) is 0 Å². The van der Waals surface area contributed by atoms with Crippen LogP contribution in [0, 0.1) is 0 Å². The van der Waals surface area contributed by atoms with Gasteiger partial charge >= 0.3 is 6.03 Å². The van der Waals surface area contributed by atoms with Crippen LogP contribution in [-0.2, 0) is 0 Å². The van der Waals surface area contributed by atoms with E-state index in [1.165, 1.54) is 0 Å². The maximum absolute atomic E-state index is 12.6. The first-order valence-electron chi connectivity index (χ1n) is 9.86. The van der Waals surface area contributed by atoms with Crippen molar-refractivity contribution in [2.24, 2.45) is 0 Å². The van der Waals surface area contributed by atoms with Crippen molar-refractivity contribution < 1.29 is 14.3 Å². The van der Waals surface area contributed by atoms with E-state index in [9.17, 15) is 9.59 Å². The molecule has 6 nitrogen and oxygen atoms in total. The molecule has 0 unspecified atom stereocenters. The second kappa shape index (κ2) is 9.78. The van der Waals surface area contributed by atoms with Crippen molar-refractivity contribution in [2.75, 3.05) is 30.3 Å². The SMILES string of the molecule is CCCCOc1ccc(C(=O)Nc2ccccc2NC(=O)N2CCCC2)cc1. The molecule has 3 rings (SSSR count). The van der Waals surface area contributed by atoms with Gasteiger partial charge in [0.1, 0.15) is 5.75 Å². The number of amides is 3. The Kier molecular flexibility index (Phi) is 6.89. The number of anilines is 2. The number of hydrogen-bond donors (Lipinski definition) is 2. The van der Waals surface area contributed by atoms with Gasteiger partial charge in [0.2, 0.25) is 0 Å².